The highest BCUT2D eigenvalue weighted by Crippen LogP contribution is 2.39. The quantitative estimate of drug-likeness (QED) is 0.348. The van der Waals surface area contributed by atoms with Crippen molar-refractivity contribution in [2.75, 3.05) is 13.7 Å². The Kier molecular flexibility index (Phi) is 6.59. The molecule has 1 aliphatic heterocycles. The van der Waals surface area contributed by atoms with Crippen LogP contribution in [0.5, 0.6) is 5.88 Å². The van der Waals surface area contributed by atoms with Crippen molar-refractivity contribution in [3.05, 3.63) is 75.3 Å². The Morgan fingerprint density at radius 3 is 2.58 bits per heavy atom. The van der Waals surface area contributed by atoms with Crippen LogP contribution >= 0.6 is 0 Å². The van der Waals surface area contributed by atoms with Crippen LogP contribution in [0.4, 0.5) is 17.6 Å². The van der Waals surface area contributed by atoms with Gasteiger partial charge in [-0.1, -0.05) is 0 Å². The summed E-state index contributed by atoms with van der Waals surface area (Å²) in [7, 11) is 3.05. The molecule has 1 saturated heterocycles. The topological polar surface area (TPSA) is 92.0 Å². The summed E-state index contributed by atoms with van der Waals surface area (Å²) in [6.07, 6.45) is -2.29. The van der Waals surface area contributed by atoms with Crippen LogP contribution in [-0.2, 0) is 18.0 Å². The molecule has 1 fully saturated rings. The van der Waals surface area contributed by atoms with Gasteiger partial charge < -0.3 is 14.0 Å². The minimum atomic E-state index is -4.70. The summed E-state index contributed by atoms with van der Waals surface area (Å²) in [4.78, 5) is 29.9. The number of ether oxygens (including phenoxy) is 2. The zero-order valence-electron chi connectivity index (χ0n) is 20.7. The fourth-order valence-corrected chi connectivity index (χ4v) is 4.55. The van der Waals surface area contributed by atoms with E-state index in [4.69, 9.17) is 9.47 Å². The van der Waals surface area contributed by atoms with Crippen LogP contribution < -0.4 is 10.3 Å². The number of rotatable bonds is 4. The summed E-state index contributed by atoms with van der Waals surface area (Å²) >= 11 is 0. The number of hydrogen-bond donors (Lipinski definition) is 0. The third-order valence-electron chi connectivity index (χ3n) is 6.55. The van der Waals surface area contributed by atoms with E-state index < -0.39 is 17.6 Å². The van der Waals surface area contributed by atoms with E-state index in [-0.39, 0.29) is 45.9 Å². The van der Waals surface area contributed by atoms with Crippen molar-refractivity contribution < 1.29 is 27.0 Å². The van der Waals surface area contributed by atoms with E-state index in [1.807, 2.05) is 0 Å². The van der Waals surface area contributed by atoms with Gasteiger partial charge in [-0.25, -0.2) is 24.3 Å². The van der Waals surface area contributed by atoms with Crippen LogP contribution in [0.15, 0.2) is 41.3 Å². The molecule has 0 aliphatic carbocycles. The highest BCUT2D eigenvalue weighted by atomic mass is 19.4. The Bertz CT molecular complexity index is 1590. The lowest BCUT2D eigenvalue weighted by atomic mass is 9.91. The molecule has 5 rings (SSSR count). The molecule has 198 valence electrons. The molecule has 12 heteroatoms. The number of pyridine rings is 1. The van der Waals surface area contributed by atoms with Gasteiger partial charge in [0, 0.05) is 37.4 Å². The first-order chi connectivity index (χ1) is 18.0. The average Bonchev–Trinajstić information content (AvgIpc) is 2.88. The molecule has 0 bridgehead atoms. The molecular formula is C26H23F4N5O3. The maximum Gasteiger partial charge on any atom is 0.416 e. The van der Waals surface area contributed by atoms with Gasteiger partial charge in [-0.05, 0) is 49.6 Å². The SMILES string of the molecule is COc1nc2c(-c3ccc(C(F)(F)F)cc3F)nc(C3CCOC(c4ccc(=O)n(C)c4)C3)nc2nc1C. The van der Waals surface area contributed by atoms with Crippen molar-refractivity contribution >= 4 is 11.2 Å². The van der Waals surface area contributed by atoms with Gasteiger partial charge in [0.2, 0.25) is 11.4 Å². The lowest BCUT2D eigenvalue weighted by Crippen LogP contribution is -2.23. The second-order valence-corrected chi connectivity index (χ2v) is 9.11. The molecule has 8 nitrogen and oxygen atoms in total. The van der Waals surface area contributed by atoms with Crippen molar-refractivity contribution in [1.82, 2.24) is 24.5 Å². The summed E-state index contributed by atoms with van der Waals surface area (Å²) in [5.41, 5.74) is 0.142. The van der Waals surface area contributed by atoms with E-state index in [0.717, 1.165) is 17.7 Å². The van der Waals surface area contributed by atoms with Crippen LogP contribution in [0.1, 0.15) is 47.5 Å². The van der Waals surface area contributed by atoms with Gasteiger partial charge in [-0.15, -0.1) is 0 Å². The van der Waals surface area contributed by atoms with Crippen molar-refractivity contribution in [2.45, 2.75) is 38.0 Å². The highest BCUT2D eigenvalue weighted by molar-refractivity contribution is 5.87. The van der Waals surface area contributed by atoms with Gasteiger partial charge in [0.05, 0.1) is 18.8 Å². The Balaban J connectivity index is 1.62. The van der Waals surface area contributed by atoms with Gasteiger partial charge >= 0.3 is 6.18 Å². The second-order valence-electron chi connectivity index (χ2n) is 9.11. The van der Waals surface area contributed by atoms with Gasteiger partial charge in [0.25, 0.3) is 0 Å². The Hall–Kier alpha value is -3.93. The lowest BCUT2D eigenvalue weighted by Gasteiger charge is -2.29. The number of hydrogen-bond acceptors (Lipinski definition) is 7. The van der Waals surface area contributed by atoms with E-state index >= 15 is 4.39 Å². The molecule has 2 atom stereocenters. The van der Waals surface area contributed by atoms with Crippen LogP contribution in [0.3, 0.4) is 0 Å². The molecule has 0 amide bonds. The number of benzene rings is 1. The summed E-state index contributed by atoms with van der Waals surface area (Å²) in [5, 5.41) is 0. The average molecular weight is 529 g/mol. The summed E-state index contributed by atoms with van der Waals surface area (Å²) in [5.74, 6) is -0.801. The molecule has 0 N–H and O–H groups in total. The normalized spacial score (nSPS) is 18.1. The highest BCUT2D eigenvalue weighted by Gasteiger charge is 2.33. The molecule has 4 heterocycles. The van der Waals surface area contributed by atoms with Crippen LogP contribution in [0, 0.1) is 12.7 Å². The van der Waals surface area contributed by atoms with Crippen LogP contribution in [0.25, 0.3) is 22.4 Å². The Morgan fingerprint density at radius 1 is 1.11 bits per heavy atom. The largest absolute Gasteiger partial charge is 0.480 e. The monoisotopic (exact) mass is 529 g/mol. The third kappa shape index (κ3) is 4.83. The number of aryl methyl sites for hydroxylation is 2. The van der Waals surface area contributed by atoms with Crippen molar-refractivity contribution in [2.24, 2.45) is 7.05 Å². The molecule has 1 aromatic carbocycles. The summed E-state index contributed by atoms with van der Waals surface area (Å²) < 4.78 is 67.3. The van der Waals surface area contributed by atoms with Gasteiger partial charge in [-0.2, -0.15) is 13.2 Å². The van der Waals surface area contributed by atoms with E-state index in [9.17, 15) is 18.0 Å². The predicted molar refractivity (Wildman–Crippen MR) is 129 cm³/mol. The number of fused-ring (bicyclic) bond motifs is 1. The van der Waals surface area contributed by atoms with Crippen LogP contribution in [-0.4, -0.2) is 38.2 Å². The first-order valence-electron chi connectivity index (χ1n) is 11.8. The smallest absolute Gasteiger partial charge is 0.416 e. The minimum Gasteiger partial charge on any atom is -0.480 e. The van der Waals surface area contributed by atoms with E-state index in [1.165, 1.54) is 17.7 Å². The third-order valence-corrected chi connectivity index (χ3v) is 6.55. The van der Waals surface area contributed by atoms with Crippen molar-refractivity contribution in [1.29, 1.82) is 0 Å². The minimum absolute atomic E-state index is 0.0205. The summed E-state index contributed by atoms with van der Waals surface area (Å²) in [6, 6.07) is 5.45. The van der Waals surface area contributed by atoms with Crippen molar-refractivity contribution in [3.63, 3.8) is 0 Å². The van der Waals surface area contributed by atoms with Gasteiger partial charge in [0.1, 0.15) is 28.5 Å². The molecule has 3 aromatic heterocycles. The zero-order chi connectivity index (χ0) is 27.2. The first kappa shape index (κ1) is 25.7. The van der Waals surface area contributed by atoms with Gasteiger partial charge in [-0.3, -0.25) is 4.79 Å². The standard InChI is InChI=1S/C26H23F4N5O3/c1-13-25(37-3)33-22-21(17-6-5-16(11-18(17)27)26(28,29)30)32-23(34-24(22)31-13)14-8-9-38-19(10-14)15-4-7-20(36)35(2)12-15/h4-7,11-12,14,19H,8-10H2,1-3H3. The molecular weight excluding hydrogens is 506 g/mol. The lowest BCUT2D eigenvalue weighted by molar-refractivity contribution is -0.137. The molecule has 0 radical (unpaired) electrons. The zero-order valence-corrected chi connectivity index (χ0v) is 20.7. The number of methoxy groups -OCH3 is 1. The number of aromatic nitrogens is 5. The molecule has 0 saturated carbocycles. The molecule has 4 aromatic rings. The molecule has 1 aliphatic rings. The maximum atomic E-state index is 15.1. The molecule has 2 unspecified atom stereocenters. The second kappa shape index (κ2) is 9.75. The maximum absolute atomic E-state index is 15.1. The Morgan fingerprint density at radius 2 is 1.89 bits per heavy atom. The van der Waals surface area contributed by atoms with E-state index in [0.29, 0.717) is 37.0 Å². The first-order valence-corrected chi connectivity index (χ1v) is 11.8. The molecule has 0 spiro atoms. The fourth-order valence-electron chi connectivity index (χ4n) is 4.55. The number of alkyl halides is 3. The van der Waals surface area contributed by atoms with Crippen molar-refractivity contribution in [3.8, 4) is 17.1 Å². The molecule has 38 heavy (non-hydrogen) atoms. The van der Waals surface area contributed by atoms with E-state index in [2.05, 4.69) is 19.9 Å². The Labute approximate surface area is 214 Å². The number of halogens is 4. The summed E-state index contributed by atoms with van der Waals surface area (Å²) in [6.45, 7) is 2.06. The van der Waals surface area contributed by atoms with E-state index in [1.54, 1.807) is 26.2 Å². The fraction of sp³-hybridized carbons (Fsp3) is 0.346. The predicted octanol–water partition coefficient (Wildman–Crippen LogP) is 4.90. The number of nitrogens with zero attached hydrogens (tertiary/aromatic N) is 5. The van der Waals surface area contributed by atoms with Crippen LogP contribution in [0.2, 0.25) is 0 Å². The van der Waals surface area contributed by atoms with Gasteiger partial charge in [0.15, 0.2) is 5.65 Å².